The third kappa shape index (κ3) is 3.83. The minimum absolute atomic E-state index is 0. The van der Waals surface area contributed by atoms with Crippen LogP contribution < -0.4 is 5.32 Å². The Balaban J connectivity index is 0.00000225. The predicted molar refractivity (Wildman–Crippen MR) is 56.5 cm³/mol. The van der Waals surface area contributed by atoms with Gasteiger partial charge in [0, 0.05) is 25.7 Å². The number of alkyl halides is 3. The number of hydrogen-bond acceptors (Lipinski definition) is 2. The Kier molecular flexibility index (Phi) is 5.55. The zero-order valence-corrected chi connectivity index (χ0v) is 9.99. The summed E-state index contributed by atoms with van der Waals surface area (Å²) < 4.78 is 36.9. The highest BCUT2D eigenvalue weighted by atomic mass is 35.5. The molecule has 3 nitrogen and oxygen atoms in total. The van der Waals surface area contributed by atoms with E-state index in [1.165, 1.54) is 4.90 Å². The van der Waals surface area contributed by atoms with E-state index < -0.39 is 18.0 Å². The summed E-state index contributed by atoms with van der Waals surface area (Å²) in [4.78, 5) is 12.7. The van der Waals surface area contributed by atoms with Crippen molar-refractivity contribution in [2.24, 2.45) is 5.92 Å². The van der Waals surface area contributed by atoms with Gasteiger partial charge in [-0.2, -0.15) is 13.2 Å². The first kappa shape index (κ1) is 15.5. The third-order valence-corrected chi connectivity index (χ3v) is 2.54. The van der Waals surface area contributed by atoms with Crippen LogP contribution in [-0.2, 0) is 4.79 Å². The van der Waals surface area contributed by atoms with Crippen LogP contribution in [0.3, 0.4) is 0 Å². The summed E-state index contributed by atoms with van der Waals surface area (Å²) in [7, 11) is 0. The van der Waals surface area contributed by atoms with Crippen molar-refractivity contribution in [1.82, 2.24) is 10.2 Å². The fraction of sp³-hybridized carbons (Fsp3) is 0.889. The molecule has 2 atom stereocenters. The number of hydrogen-bond donors (Lipinski definition) is 1. The minimum Gasteiger partial charge on any atom is -0.339 e. The summed E-state index contributed by atoms with van der Waals surface area (Å²) >= 11 is 0. The van der Waals surface area contributed by atoms with E-state index in [1.54, 1.807) is 0 Å². The number of nitrogens with one attached hydrogen (secondary N) is 1. The highest BCUT2D eigenvalue weighted by Gasteiger charge is 2.43. The van der Waals surface area contributed by atoms with Crippen LogP contribution in [0.4, 0.5) is 13.2 Å². The summed E-state index contributed by atoms with van der Waals surface area (Å²) in [5.41, 5.74) is 0. The first-order valence-electron chi connectivity index (χ1n) is 4.91. The van der Waals surface area contributed by atoms with Crippen LogP contribution in [0.5, 0.6) is 0 Å². The zero-order chi connectivity index (χ0) is 11.6. The van der Waals surface area contributed by atoms with E-state index in [-0.39, 0.29) is 18.4 Å². The average Bonchev–Trinajstić information content (AvgIpc) is 2.14. The maximum absolute atomic E-state index is 12.3. The molecule has 7 heteroatoms. The minimum atomic E-state index is -4.44. The monoisotopic (exact) mass is 260 g/mol. The fourth-order valence-corrected chi connectivity index (χ4v) is 1.55. The molecule has 0 aliphatic carbocycles. The van der Waals surface area contributed by atoms with Crippen LogP contribution in [0.25, 0.3) is 0 Å². The van der Waals surface area contributed by atoms with Gasteiger partial charge in [0.1, 0.15) is 5.92 Å². The second kappa shape index (κ2) is 5.72. The van der Waals surface area contributed by atoms with Gasteiger partial charge in [-0.1, -0.05) is 0 Å². The SMILES string of the molecule is CC1CN(C(=O)C(C)C(F)(F)F)CCN1.Cl. The van der Waals surface area contributed by atoms with Crippen molar-refractivity contribution in [1.29, 1.82) is 0 Å². The quantitative estimate of drug-likeness (QED) is 0.774. The lowest BCUT2D eigenvalue weighted by molar-refractivity contribution is -0.186. The molecule has 16 heavy (non-hydrogen) atoms. The second-order valence-electron chi connectivity index (χ2n) is 3.90. The number of rotatable bonds is 1. The van der Waals surface area contributed by atoms with Gasteiger partial charge in [-0.3, -0.25) is 4.79 Å². The molecule has 2 unspecified atom stereocenters. The summed E-state index contributed by atoms with van der Waals surface area (Å²) in [6.45, 7) is 4.01. The standard InChI is InChI=1S/C9H15F3N2O.ClH/c1-6-5-14(4-3-13-6)8(15)7(2)9(10,11)12;/h6-7,13H,3-5H2,1-2H3;1H. The molecule has 0 saturated carbocycles. The highest BCUT2D eigenvalue weighted by molar-refractivity contribution is 5.85. The van der Waals surface area contributed by atoms with Gasteiger partial charge in [-0.15, -0.1) is 12.4 Å². The van der Waals surface area contributed by atoms with Gasteiger partial charge in [-0.25, -0.2) is 0 Å². The van der Waals surface area contributed by atoms with Crippen LogP contribution in [0, 0.1) is 5.92 Å². The van der Waals surface area contributed by atoms with Gasteiger partial charge in [0.25, 0.3) is 0 Å². The van der Waals surface area contributed by atoms with Gasteiger partial charge in [0.2, 0.25) is 5.91 Å². The summed E-state index contributed by atoms with van der Waals surface area (Å²) in [5, 5.41) is 3.07. The van der Waals surface area contributed by atoms with Crippen molar-refractivity contribution in [3.05, 3.63) is 0 Å². The molecule has 1 amide bonds. The fourth-order valence-electron chi connectivity index (χ4n) is 1.55. The number of nitrogens with zero attached hydrogens (tertiary/aromatic N) is 1. The normalized spacial score (nSPS) is 23.6. The van der Waals surface area contributed by atoms with Crippen molar-refractivity contribution in [2.45, 2.75) is 26.1 Å². The molecule has 0 radical (unpaired) electrons. The van der Waals surface area contributed by atoms with Gasteiger partial charge in [-0.05, 0) is 13.8 Å². The number of amides is 1. The molecule has 0 aromatic carbocycles. The van der Waals surface area contributed by atoms with E-state index in [9.17, 15) is 18.0 Å². The van der Waals surface area contributed by atoms with Crippen molar-refractivity contribution in [3.63, 3.8) is 0 Å². The Morgan fingerprint density at radius 3 is 2.50 bits per heavy atom. The molecule has 1 aliphatic heterocycles. The van der Waals surface area contributed by atoms with E-state index >= 15 is 0 Å². The first-order chi connectivity index (χ1) is 6.82. The molecule has 1 fully saturated rings. The lowest BCUT2D eigenvalue weighted by Crippen LogP contribution is -2.53. The summed E-state index contributed by atoms with van der Waals surface area (Å²) in [5.74, 6) is -2.72. The lowest BCUT2D eigenvalue weighted by atomic mass is 10.1. The van der Waals surface area contributed by atoms with E-state index in [0.29, 0.717) is 19.6 Å². The largest absolute Gasteiger partial charge is 0.400 e. The maximum atomic E-state index is 12.3. The summed E-state index contributed by atoms with van der Waals surface area (Å²) in [6, 6.07) is 0.0585. The van der Waals surface area contributed by atoms with Crippen LogP contribution in [0.2, 0.25) is 0 Å². The molecular formula is C9H16ClF3N2O. The molecule has 0 spiro atoms. The smallest absolute Gasteiger partial charge is 0.339 e. The van der Waals surface area contributed by atoms with Crippen molar-refractivity contribution in [2.75, 3.05) is 19.6 Å². The molecule has 0 aromatic rings. The predicted octanol–water partition coefficient (Wildman–Crippen LogP) is 1.43. The molecule has 1 rings (SSSR count). The topological polar surface area (TPSA) is 32.3 Å². The Morgan fingerprint density at radius 1 is 1.50 bits per heavy atom. The number of piperazine rings is 1. The molecule has 1 heterocycles. The van der Waals surface area contributed by atoms with Crippen LogP contribution in [0.1, 0.15) is 13.8 Å². The van der Waals surface area contributed by atoms with Gasteiger partial charge in [0.05, 0.1) is 0 Å². The molecule has 0 bridgehead atoms. The van der Waals surface area contributed by atoms with Gasteiger partial charge in [0.15, 0.2) is 0 Å². The van der Waals surface area contributed by atoms with Crippen molar-refractivity contribution in [3.8, 4) is 0 Å². The molecule has 1 saturated heterocycles. The molecule has 1 N–H and O–H groups in total. The third-order valence-electron chi connectivity index (χ3n) is 2.54. The average molecular weight is 261 g/mol. The molecule has 96 valence electrons. The number of carbonyl (C=O) groups is 1. The number of halogens is 4. The van der Waals surface area contributed by atoms with E-state index in [2.05, 4.69) is 5.32 Å². The van der Waals surface area contributed by atoms with E-state index in [1.807, 2.05) is 6.92 Å². The second-order valence-corrected chi connectivity index (χ2v) is 3.90. The molecule has 0 aromatic heterocycles. The van der Waals surface area contributed by atoms with E-state index in [4.69, 9.17) is 0 Å². The lowest BCUT2D eigenvalue weighted by Gasteiger charge is -2.33. The zero-order valence-electron chi connectivity index (χ0n) is 9.17. The van der Waals surface area contributed by atoms with Crippen LogP contribution >= 0.6 is 12.4 Å². The van der Waals surface area contributed by atoms with Gasteiger partial charge >= 0.3 is 6.18 Å². The van der Waals surface area contributed by atoms with Crippen LogP contribution in [0.15, 0.2) is 0 Å². The Hall–Kier alpha value is -0.490. The van der Waals surface area contributed by atoms with Crippen molar-refractivity contribution >= 4 is 18.3 Å². The number of carbonyl (C=O) groups excluding carboxylic acids is 1. The maximum Gasteiger partial charge on any atom is 0.400 e. The van der Waals surface area contributed by atoms with Crippen LogP contribution in [-0.4, -0.2) is 42.7 Å². The molecule has 1 aliphatic rings. The molecular weight excluding hydrogens is 245 g/mol. The van der Waals surface area contributed by atoms with Gasteiger partial charge < -0.3 is 10.2 Å². The van der Waals surface area contributed by atoms with E-state index in [0.717, 1.165) is 6.92 Å². The Bertz CT molecular complexity index is 247. The summed E-state index contributed by atoms with van der Waals surface area (Å²) in [6.07, 6.45) is -4.44. The Labute approximate surface area is 98.8 Å². The Morgan fingerprint density at radius 2 is 2.06 bits per heavy atom. The first-order valence-corrected chi connectivity index (χ1v) is 4.91. The highest BCUT2D eigenvalue weighted by Crippen LogP contribution is 2.27. The van der Waals surface area contributed by atoms with Crippen molar-refractivity contribution < 1.29 is 18.0 Å².